The molecule has 0 heterocycles. The minimum atomic E-state index is -0.796. The van der Waals surface area contributed by atoms with Crippen molar-refractivity contribution in [3.63, 3.8) is 0 Å². The first-order valence-corrected chi connectivity index (χ1v) is 7.83. The number of carbonyl (C=O) groups is 2. The van der Waals surface area contributed by atoms with Crippen molar-refractivity contribution in [2.45, 2.75) is 63.8 Å². The number of hydrogen-bond acceptors (Lipinski definition) is 3. The fourth-order valence-electron chi connectivity index (χ4n) is 3.68. The summed E-state index contributed by atoms with van der Waals surface area (Å²) in [6, 6.07) is -0.216. The van der Waals surface area contributed by atoms with Crippen molar-refractivity contribution in [3.05, 3.63) is 0 Å². The minimum absolute atomic E-state index is 0.0138. The van der Waals surface area contributed by atoms with Gasteiger partial charge in [0.1, 0.15) is 0 Å². The SMILES string of the molecule is NCC1(C(=O)NC2CCCC2C(=O)O)CCCCCC1. The molecule has 114 valence electrons. The quantitative estimate of drug-likeness (QED) is 0.684. The second-order valence-corrected chi connectivity index (χ2v) is 6.35. The first kappa shape index (κ1) is 15.3. The normalized spacial score (nSPS) is 29.6. The second-order valence-electron chi connectivity index (χ2n) is 6.35. The molecule has 0 aromatic rings. The average Bonchev–Trinajstić information content (AvgIpc) is 2.75. The summed E-state index contributed by atoms with van der Waals surface area (Å²) < 4.78 is 0. The highest BCUT2D eigenvalue weighted by atomic mass is 16.4. The van der Waals surface area contributed by atoms with Crippen LogP contribution in [0, 0.1) is 11.3 Å². The zero-order valence-electron chi connectivity index (χ0n) is 12.1. The highest BCUT2D eigenvalue weighted by molar-refractivity contribution is 5.84. The number of nitrogens with one attached hydrogen (secondary N) is 1. The van der Waals surface area contributed by atoms with Crippen molar-refractivity contribution in [3.8, 4) is 0 Å². The lowest BCUT2D eigenvalue weighted by atomic mass is 9.79. The Balaban J connectivity index is 2.03. The molecule has 2 atom stereocenters. The molecule has 2 fully saturated rings. The Morgan fingerprint density at radius 1 is 1.10 bits per heavy atom. The Hall–Kier alpha value is -1.10. The van der Waals surface area contributed by atoms with Gasteiger partial charge in [0.15, 0.2) is 0 Å². The number of carboxylic acids is 1. The van der Waals surface area contributed by atoms with Crippen LogP contribution in [-0.2, 0) is 9.59 Å². The Kier molecular flexibility index (Phi) is 5.02. The van der Waals surface area contributed by atoms with Crippen molar-refractivity contribution in [1.29, 1.82) is 0 Å². The molecule has 0 bridgehead atoms. The van der Waals surface area contributed by atoms with Gasteiger partial charge in [-0.2, -0.15) is 0 Å². The fourth-order valence-corrected chi connectivity index (χ4v) is 3.68. The van der Waals surface area contributed by atoms with Crippen LogP contribution >= 0.6 is 0 Å². The molecule has 0 spiro atoms. The van der Waals surface area contributed by atoms with Gasteiger partial charge in [-0.15, -0.1) is 0 Å². The molecule has 2 rings (SSSR count). The lowest BCUT2D eigenvalue weighted by Crippen LogP contribution is -2.50. The van der Waals surface area contributed by atoms with Crippen molar-refractivity contribution < 1.29 is 14.7 Å². The topological polar surface area (TPSA) is 92.4 Å². The van der Waals surface area contributed by atoms with Gasteiger partial charge in [0, 0.05) is 12.6 Å². The molecule has 0 saturated heterocycles. The van der Waals surface area contributed by atoms with E-state index < -0.39 is 17.3 Å². The van der Waals surface area contributed by atoms with Crippen molar-refractivity contribution in [2.75, 3.05) is 6.54 Å². The molecule has 5 nitrogen and oxygen atoms in total. The van der Waals surface area contributed by atoms with Crippen LogP contribution in [0.4, 0.5) is 0 Å². The lowest BCUT2D eigenvalue weighted by molar-refractivity contribution is -0.142. The van der Waals surface area contributed by atoms with Gasteiger partial charge >= 0.3 is 5.97 Å². The van der Waals surface area contributed by atoms with E-state index in [0.29, 0.717) is 13.0 Å². The van der Waals surface area contributed by atoms with E-state index in [1.54, 1.807) is 0 Å². The summed E-state index contributed by atoms with van der Waals surface area (Å²) >= 11 is 0. The summed E-state index contributed by atoms with van der Waals surface area (Å²) in [6.45, 7) is 0.364. The van der Waals surface area contributed by atoms with Crippen LogP contribution in [0.15, 0.2) is 0 Å². The standard InChI is InChI=1S/C15H26N2O3/c16-10-15(8-3-1-2-4-9-15)14(20)17-12-7-5-6-11(12)13(18)19/h11-12H,1-10,16H2,(H,17,20)(H,18,19). The largest absolute Gasteiger partial charge is 0.481 e. The number of rotatable bonds is 4. The number of nitrogens with two attached hydrogens (primary N) is 1. The van der Waals surface area contributed by atoms with Crippen LogP contribution in [0.5, 0.6) is 0 Å². The van der Waals surface area contributed by atoms with Crippen molar-refractivity contribution in [1.82, 2.24) is 5.32 Å². The molecular formula is C15H26N2O3. The third kappa shape index (κ3) is 3.14. The summed E-state index contributed by atoms with van der Waals surface area (Å²) in [7, 11) is 0. The zero-order valence-corrected chi connectivity index (χ0v) is 12.1. The summed E-state index contributed by atoms with van der Waals surface area (Å²) in [5.41, 5.74) is 5.43. The molecule has 20 heavy (non-hydrogen) atoms. The van der Waals surface area contributed by atoms with Gasteiger partial charge in [0.05, 0.1) is 11.3 Å². The number of carbonyl (C=O) groups excluding carboxylic acids is 1. The molecule has 1 amide bonds. The Bertz CT molecular complexity index is 362. The first-order valence-electron chi connectivity index (χ1n) is 7.83. The molecule has 2 aliphatic rings. The number of hydrogen-bond donors (Lipinski definition) is 3. The number of carboxylic acid groups (broad SMARTS) is 1. The van der Waals surface area contributed by atoms with Crippen LogP contribution in [-0.4, -0.2) is 29.6 Å². The van der Waals surface area contributed by atoms with E-state index in [0.717, 1.165) is 51.4 Å². The molecule has 0 aromatic carbocycles. The molecular weight excluding hydrogens is 256 g/mol. The third-order valence-corrected chi connectivity index (χ3v) is 5.08. The predicted molar refractivity (Wildman–Crippen MR) is 76.1 cm³/mol. The highest BCUT2D eigenvalue weighted by Crippen LogP contribution is 2.35. The van der Waals surface area contributed by atoms with Crippen LogP contribution < -0.4 is 11.1 Å². The summed E-state index contributed by atoms with van der Waals surface area (Å²) in [4.78, 5) is 23.8. The summed E-state index contributed by atoms with van der Waals surface area (Å²) in [5.74, 6) is -1.24. The Morgan fingerprint density at radius 2 is 1.75 bits per heavy atom. The molecule has 0 aliphatic heterocycles. The molecule has 4 N–H and O–H groups in total. The number of aliphatic carboxylic acids is 1. The van der Waals surface area contributed by atoms with E-state index in [9.17, 15) is 14.7 Å². The monoisotopic (exact) mass is 282 g/mol. The maximum Gasteiger partial charge on any atom is 0.308 e. The fraction of sp³-hybridized carbons (Fsp3) is 0.867. The smallest absolute Gasteiger partial charge is 0.308 e. The highest BCUT2D eigenvalue weighted by Gasteiger charge is 2.41. The summed E-state index contributed by atoms with van der Waals surface area (Å²) in [6.07, 6.45) is 8.37. The molecule has 0 aromatic heterocycles. The Morgan fingerprint density at radius 3 is 2.30 bits per heavy atom. The summed E-state index contributed by atoms with van der Waals surface area (Å²) in [5, 5.41) is 12.2. The third-order valence-electron chi connectivity index (χ3n) is 5.08. The zero-order chi connectivity index (χ0) is 14.6. The van der Waals surface area contributed by atoms with Gasteiger partial charge in [-0.3, -0.25) is 9.59 Å². The molecule has 2 unspecified atom stereocenters. The van der Waals surface area contributed by atoms with E-state index in [2.05, 4.69) is 5.32 Å². The van der Waals surface area contributed by atoms with E-state index in [4.69, 9.17) is 5.73 Å². The Labute approximate surface area is 120 Å². The van der Waals surface area contributed by atoms with Gasteiger partial charge in [-0.1, -0.05) is 32.1 Å². The van der Waals surface area contributed by atoms with Crippen LogP contribution in [0.1, 0.15) is 57.8 Å². The van der Waals surface area contributed by atoms with Crippen LogP contribution in [0.2, 0.25) is 0 Å². The maximum absolute atomic E-state index is 12.6. The van der Waals surface area contributed by atoms with E-state index in [-0.39, 0.29) is 11.9 Å². The minimum Gasteiger partial charge on any atom is -0.481 e. The van der Waals surface area contributed by atoms with Gasteiger partial charge in [-0.05, 0) is 25.7 Å². The van der Waals surface area contributed by atoms with Gasteiger partial charge in [0.2, 0.25) is 5.91 Å². The van der Waals surface area contributed by atoms with Gasteiger partial charge in [-0.25, -0.2) is 0 Å². The van der Waals surface area contributed by atoms with Crippen molar-refractivity contribution in [2.24, 2.45) is 17.1 Å². The maximum atomic E-state index is 12.6. The second kappa shape index (κ2) is 6.57. The van der Waals surface area contributed by atoms with E-state index in [1.165, 1.54) is 0 Å². The molecule has 2 saturated carbocycles. The van der Waals surface area contributed by atoms with E-state index in [1.807, 2.05) is 0 Å². The predicted octanol–water partition coefficient (Wildman–Crippen LogP) is 1.66. The molecule has 0 radical (unpaired) electrons. The van der Waals surface area contributed by atoms with Gasteiger partial charge in [0.25, 0.3) is 0 Å². The van der Waals surface area contributed by atoms with Crippen LogP contribution in [0.3, 0.4) is 0 Å². The molecule has 5 heteroatoms. The van der Waals surface area contributed by atoms with Crippen molar-refractivity contribution >= 4 is 11.9 Å². The van der Waals surface area contributed by atoms with Crippen LogP contribution in [0.25, 0.3) is 0 Å². The molecule has 2 aliphatic carbocycles. The van der Waals surface area contributed by atoms with Gasteiger partial charge < -0.3 is 16.2 Å². The number of amides is 1. The lowest BCUT2D eigenvalue weighted by Gasteiger charge is -2.32. The first-order chi connectivity index (χ1) is 9.59. The van der Waals surface area contributed by atoms with E-state index >= 15 is 0 Å². The average molecular weight is 282 g/mol.